The minimum atomic E-state index is -0.402. The number of hydrogen-bond acceptors (Lipinski definition) is 8. The molecule has 4 aromatic rings. The van der Waals surface area contributed by atoms with Gasteiger partial charge in [-0.2, -0.15) is 5.12 Å². The lowest BCUT2D eigenvalue weighted by molar-refractivity contribution is 0.0331. The van der Waals surface area contributed by atoms with Gasteiger partial charge < -0.3 is 10.5 Å². The molecule has 2 aromatic heterocycles. The number of nitrogens with two attached hydrogens (primary N) is 2. The van der Waals surface area contributed by atoms with Crippen LogP contribution >= 0.6 is 11.3 Å². The lowest BCUT2D eigenvalue weighted by Crippen LogP contribution is -2.36. The van der Waals surface area contributed by atoms with Crippen LogP contribution in [0.2, 0.25) is 0 Å². The molecule has 174 valence electrons. The number of hydrazone groups is 1. The highest BCUT2D eigenvalue weighted by Crippen LogP contribution is 2.38. The normalized spacial score (nSPS) is 15.1. The van der Waals surface area contributed by atoms with E-state index in [-0.39, 0.29) is 5.84 Å². The SMILES string of the molecule is N/C(=N\N(N)c1nc(CN2CCOCC2)nc2scc(-c3ccccc3)c12)c1cccc(F)c1. The highest BCUT2D eigenvalue weighted by molar-refractivity contribution is 7.17. The molecule has 2 aromatic carbocycles. The van der Waals surface area contributed by atoms with Crippen LogP contribution in [0.15, 0.2) is 65.1 Å². The van der Waals surface area contributed by atoms with Crippen molar-refractivity contribution in [3.05, 3.63) is 77.2 Å². The van der Waals surface area contributed by atoms with Crippen molar-refractivity contribution in [1.82, 2.24) is 14.9 Å². The zero-order valence-corrected chi connectivity index (χ0v) is 19.2. The minimum Gasteiger partial charge on any atom is -0.382 e. The standard InChI is InChI=1S/C24H24FN7OS/c25-18-8-4-7-17(13-18)22(26)30-32(27)23-21-19(16-5-2-1-3-6-16)15-34-24(21)29-20(28-23)14-31-9-11-33-12-10-31/h1-8,13,15H,9-12,14,27H2,(H2,26,30). The van der Waals surface area contributed by atoms with E-state index in [0.717, 1.165) is 39.6 Å². The van der Waals surface area contributed by atoms with Crippen LogP contribution in [-0.2, 0) is 11.3 Å². The maximum atomic E-state index is 13.7. The molecule has 5 rings (SSSR count). The Hall–Kier alpha value is -3.44. The number of hydrogen-bond donors (Lipinski definition) is 2. The first-order valence-corrected chi connectivity index (χ1v) is 11.7. The number of morpholine rings is 1. The van der Waals surface area contributed by atoms with Crippen LogP contribution in [0.5, 0.6) is 0 Å². The molecule has 8 nitrogen and oxygen atoms in total. The third kappa shape index (κ3) is 4.75. The highest BCUT2D eigenvalue weighted by Gasteiger charge is 2.21. The third-order valence-electron chi connectivity index (χ3n) is 5.57. The van der Waals surface area contributed by atoms with E-state index in [9.17, 15) is 4.39 Å². The van der Waals surface area contributed by atoms with Crippen molar-refractivity contribution in [1.29, 1.82) is 0 Å². The number of aromatic nitrogens is 2. The van der Waals surface area contributed by atoms with Crippen molar-refractivity contribution < 1.29 is 9.13 Å². The molecular formula is C24H24FN7OS. The zero-order valence-electron chi connectivity index (χ0n) is 18.4. The monoisotopic (exact) mass is 477 g/mol. The Labute approximate surface area is 200 Å². The van der Waals surface area contributed by atoms with Gasteiger partial charge in [-0.3, -0.25) is 4.90 Å². The van der Waals surface area contributed by atoms with Gasteiger partial charge in [0.05, 0.1) is 25.1 Å². The number of halogens is 1. The molecule has 1 saturated heterocycles. The lowest BCUT2D eigenvalue weighted by atomic mass is 10.1. The predicted molar refractivity (Wildman–Crippen MR) is 133 cm³/mol. The summed E-state index contributed by atoms with van der Waals surface area (Å²) in [5.41, 5.74) is 8.57. The molecule has 34 heavy (non-hydrogen) atoms. The average molecular weight is 478 g/mol. The number of fused-ring (bicyclic) bond motifs is 1. The van der Waals surface area contributed by atoms with E-state index < -0.39 is 5.82 Å². The van der Waals surface area contributed by atoms with Crippen LogP contribution in [0, 0.1) is 5.82 Å². The average Bonchev–Trinajstić information content (AvgIpc) is 3.28. The number of benzene rings is 2. The lowest BCUT2D eigenvalue weighted by Gasteiger charge is -2.26. The van der Waals surface area contributed by atoms with Crippen LogP contribution in [0.4, 0.5) is 10.2 Å². The van der Waals surface area contributed by atoms with E-state index in [1.54, 1.807) is 12.1 Å². The summed E-state index contributed by atoms with van der Waals surface area (Å²) in [5, 5.41) is 8.33. The first kappa shape index (κ1) is 22.4. The van der Waals surface area contributed by atoms with Gasteiger partial charge in [0, 0.05) is 29.6 Å². The first-order valence-electron chi connectivity index (χ1n) is 10.9. The molecule has 0 saturated carbocycles. The Kier molecular flexibility index (Phi) is 6.45. The Balaban J connectivity index is 1.59. The van der Waals surface area contributed by atoms with Crippen LogP contribution in [0.1, 0.15) is 11.4 Å². The van der Waals surface area contributed by atoms with Crippen LogP contribution in [0.3, 0.4) is 0 Å². The summed E-state index contributed by atoms with van der Waals surface area (Å²) in [6, 6.07) is 15.9. The van der Waals surface area contributed by atoms with Gasteiger partial charge in [0.25, 0.3) is 0 Å². The van der Waals surface area contributed by atoms with Crippen molar-refractivity contribution in [3.63, 3.8) is 0 Å². The minimum absolute atomic E-state index is 0.0833. The first-order chi connectivity index (χ1) is 16.6. The van der Waals surface area contributed by atoms with Crippen molar-refractivity contribution in [2.45, 2.75) is 6.54 Å². The van der Waals surface area contributed by atoms with Crippen LogP contribution in [0.25, 0.3) is 21.3 Å². The quantitative estimate of drug-likeness (QED) is 0.190. The van der Waals surface area contributed by atoms with E-state index in [4.69, 9.17) is 26.3 Å². The topological polar surface area (TPSA) is 106 Å². The molecule has 3 heterocycles. The fraction of sp³-hybridized carbons (Fsp3) is 0.208. The Morgan fingerprint density at radius 1 is 1.12 bits per heavy atom. The number of thiophene rings is 1. The molecule has 1 aliphatic rings. The smallest absolute Gasteiger partial charge is 0.179 e. The number of amidine groups is 1. The molecule has 4 N–H and O–H groups in total. The van der Waals surface area contributed by atoms with E-state index in [1.165, 1.54) is 23.5 Å². The number of ether oxygens (including phenoxy) is 1. The molecule has 0 aliphatic carbocycles. The summed E-state index contributed by atoms with van der Waals surface area (Å²) >= 11 is 1.53. The largest absolute Gasteiger partial charge is 0.382 e. The zero-order chi connectivity index (χ0) is 23.5. The van der Waals surface area contributed by atoms with Crippen LogP contribution < -0.4 is 16.7 Å². The molecule has 0 unspecified atom stereocenters. The Morgan fingerprint density at radius 2 is 1.91 bits per heavy atom. The molecule has 0 bridgehead atoms. The van der Waals surface area contributed by atoms with E-state index in [2.05, 4.69) is 10.0 Å². The Bertz CT molecular complexity index is 1320. The molecule has 1 fully saturated rings. The van der Waals surface area contributed by atoms with Crippen molar-refractivity contribution in [3.8, 4) is 11.1 Å². The van der Waals surface area contributed by atoms with Gasteiger partial charge in [-0.15, -0.1) is 16.4 Å². The van der Waals surface area contributed by atoms with Gasteiger partial charge in [-0.1, -0.05) is 42.5 Å². The summed E-state index contributed by atoms with van der Waals surface area (Å²) in [6.45, 7) is 3.57. The Morgan fingerprint density at radius 3 is 2.68 bits per heavy atom. The number of rotatable bonds is 6. The maximum Gasteiger partial charge on any atom is 0.179 e. The second kappa shape index (κ2) is 9.82. The van der Waals surface area contributed by atoms with E-state index in [1.807, 2.05) is 35.7 Å². The van der Waals surface area contributed by atoms with E-state index >= 15 is 0 Å². The number of hydrazine groups is 1. The highest BCUT2D eigenvalue weighted by atomic mass is 32.1. The summed E-state index contributed by atoms with van der Waals surface area (Å²) in [4.78, 5) is 12.7. The van der Waals surface area contributed by atoms with Gasteiger partial charge in [0.15, 0.2) is 11.7 Å². The van der Waals surface area contributed by atoms with Crippen molar-refractivity contribution in [2.75, 3.05) is 31.4 Å². The predicted octanol–water partition coefficient (Wildman–Crippen LogP) is 3.33. The summed E-state index contributed by atoms with van der Waals surface area (Å²) in [6.07, 6.45) is 0. The van der Waals surface area contributed by atoms with Crippen LogP contribution in [-0.4, -0.2) is 47.0 Å². The molecule has 0 atom stereocenters. The van der Waals surface area contributed by atoms with Gasteiger partial charge in [-0.05, 0) is 17.7 Å². The summed E-state index contributed by atoms with van der Waals surface area (Å²) in [7, 11) is 0. The van der Waals surface area contributed by atoms with Crippen molar-refractivity contribution in [2.24, 2.45) is 16.7 Å². The third-order valence-corrected chi connectivity index (χ3v) is 6.44. The molecule has 0 spiro atoms. The van der Waals surface area contributed by atoms with E-state index in [0.29, 0.717) is 37.0 Å². The molecule has 0 radical (unpaired) electrons. The fourth-order valence-electron chi connectivity index (χ4n) is 3.86. The molecule has 10 heteroatoms. The second-order valence-electron chi connectivity index (χ2n) is 7.89. The van der Waals surface area contributed by atoms with Crippen molar-refractivity contribution >= 4 is 33.2 Å². The fourth-order valence-corrected chi connectivity index (χ4v) is 4.82. The molecule has 0 amide bonds. The number of nitrogens with zero attached hydrogens (tertiary/aromatic N) is 5. The van der Waals surface area contributed by atoms with Gasteiger partial charge in [0.2, 0.25) is 0 Å². The van der Waals surface area contributed by atoms with Gasteiger partial charge in [-0.25, -0.2) is 20.2 Å². The molecule has 1 aliphatic heterocycles. The molecular weight excluding hydrogens is 453 g/mol. The number of anilines is 1. The summed E-state index contributed by atoms with van der Waals surface area (Å²) in [5.74, 6) is 7.16. The van der Waals surface area contributed by atoms with Gasteiger partial charge >= 0.3 is 0 Å². The summed E-state index contributed by atoms with van der Waals surface area (Å²) < 4.78 is 19.1. The van der Waals surface area contributed by atoms with Gasteiger partial charge in [0.1, 0.15) is 16.5 Å². The second-order valence-corrected chi connectivity index (χ2v) is 8.75. The maximum absolute atomic E-state index is 13.7.